The minimum atomic E-state index is -1.10. The van der Waals surface area contributed by atoms with Gasteiger partial charge in [-0.1, -0.05) is 47.5 Å². The van der Waals surface area contributed by atoms with E-state index in [0.29, 0.717) is 80.5 Å². The standard InChI is InChI=1S/C34H29Cl2N5O6/c1-47-32-20(18-42)6-9-27(39-32)26-4-2-3-24(29(26)35)25-11-12-37-31(30(25)36)19-5-8-23-21(15-19)16-40(33(23)44)13-14-41(34(45)46)17-22-7-10-28(43)38-22/h2-6,8-9,11-12,15,18,22H,7,10,13-14,16-17H2,1H3,(H,38,43)(H,45,46)/t22-/m0/s1. The van der Waals surface area contributed by atoms with E-state index in [2.05, 4.69) is 15.3 Å². The number of ether oxygens (including phenoxy) is 1. The van der Waals surface area contributed by atoms with Crippen LogP contribution in [-0.4, -0.2) is 81.9 Å². The number of hydrogen-bond donors (Lipinski definition) is 2. The van der Waals surface area contributed by atoms with E-state index in [1.807, 2.05) is 24.3 Å². The Morgan fingerprint density at radius 1 is 1.09 bits per heavy atom. The molecule has 1 fully saturated rings. The Hall–Kier alpha value is -5.00. The Balaban J connectivity index is 1.23. The molecule has 2 aliphatic heterocycles. The Kier molecular flexibility index (Phi) is 9.10. The topological polar surface area (TPSA) is 142 Å². The van der Waals surface area contributed by atoms with Gasteiger partial charge >= 0.3 is 6.09 Å². The molecule has 0 aliphatic carbocycles. The van der Waals surface area contributed by atoms with Crippen molar-refractivity contribution in [1.82, 2.24) is 25.1 Å². The maximum atomic E-state index is 13.2. The fraction of sp³-hybridized carbons (Fsp3) is 0.235. The van der Waals surface area contributed by atoms with E-state index >= 15 is 0 Å². The van der Waals surface area contributed by atoms with E-state index in [4.69, 9.17) is 27.9 Å². The van der Waals surface area contributed by atoms with Gasteiger partial charge in [0, 0.05) is 72.7 Å². The normalized spacial score (nSPS) is 15.4. The van der Waals surface area contributed by atoms with E-state index in [9.17, 15) is 24.3 Å². The van der Waals surface area contributed by atoms with Gasteiger partial charge in [0.25, 0.3) is 5.91 Å². The molecule has 2 N–H and O–H groups in total. The Morgan fingerprint density at radius 2 is 1.87 bits per heavy atom. The summed E-state index contributed by atoms with van der Waals surface area (Å²) >= 11 is 13.9. The number of amides is 3. The number of nitrogens with one attached hydrogen (secondary N) is 1. The Bertz CT molecular complexity index is 1920. The summed E-state index contributed by atoms with van der Waals surface area (Å²) in [6, 6.07) is 15.7. The van der Waals surface area contributed by atoms with Crippen LogP contribution < -0.4 is 10.1 Å². The van der Waals surface area contributed by atoms with Crippen LogP contribution in [0.5, 0.6) is 5.88 Å². The predicted octanol–water partition coefficient (Wildman–Crippen LogP) is 5.82. The number of benzene rings is 2. The first kappa shape index (κ1) is 32.0. The molecule has 6 rings (SSSR count). The van der Waals surface area contributed by atoms with Crippen LogP contribution >= 0.6 is 23.2 Å². The molecule has 0 unspecified atom stereocenters. The average molecular weight is 675 g/mol. The Labute approximate surface area is 280 Å². The molecule has 3 amide bonds. The fourth-order valence-electron chi connectivity index (χ4n) is 5.94. The van der Waals surface area contributed by atoms with Crippen molar-refractivity contribution in [2.45, 2.75) is 25.4 Å². The van der Waals surface area contributed by atoms with Gasteiger partial charge in [-0.25, -0.2) is 9.78 Å². The molecule has 2 aromatic carbocycles. The Morgan fingerprint density at radius 3 is 2.60 bits per heavy atom. The maximum Gasteiger partial charge on any atom is 0.407 e. The number of methoxy groups -OCH3 is 1. The van der Waals surface area contributed by atoms with E-state index in [0.717, 1.165) is 5.56 Å². The van der Waals surface area contributed by atoms with Crippen molar-refractivity contribution in [3.05, 3.63) is 87.5 Å². The second kappa shape index (κ2) is 13.4. The van der Waals surface area contributed by atoms with Crippen LogP contribution in [0.3, 0.4) is 0 Å². The van der Waals surface area contributed by atoms with E-state index < -0.39 is 6.09 Å². The van der Waals surface area contributed by atoms with Gasteiger partial charge in [-0.2, -0.15) is 0 Å². The van der Waals surface area contributed by atoms with Gasteiger partial charge in [0.15, 0.2) is 6.29 Å². The average Bonchev–Trinajstić information content (AvgIpc) is 3.63. The van der Waals surface area contributed by atoms with Gasteiger partial charge in [-0.05, 0) is 42.3 Å². The molecule has 0 spiro atoms. The number of halogens is 2. The first-order valence-electron chi connectivity index (χ1n) is 14.8. The molecule has 2 aromatic heterocycles. The zero-order chi connectivity index (χ0) is 33.2. The number of pyridine rings is 2. The van der Waals surface area contributed by atoms with Crippen molar-refractivity contribution >= 4 is 47.4 Å². The summed E-state index contributed by atoms with van der Waals surface area (Å²) < 4.78 is 5.27. The maximum absolute atomic E-state index is 13.2. The van der Waals surface area contributed by atoms with Crippen LogP contribution in [0.2, 0.25) is 10.0 Å². The van der Waals surface area contributed by atoms with E-state index in [-0.39, 0.29) is 43.4 Å². The second-order valence-corrected chi connectivity index (χ2v) is 12.0. The van der Waals surface area contributed by atoms with Gasteiger partial charge < -0.3 is 25.0 Å². The smallest absolute Gasteiger partial charge is 0.407 e. The third-order valence-corrected chi connectivity index (χ3v) is 9.15. The van der Waals surface area contributed by atoms with Crippen LogP contribution in [-0.2, 0) is 11.3 Å². The lowest BCUT2D eigenvalue weighted by atomic mass is 9.98. The SMILES string of the molecule is COc1nc(-c2cccc(-c3ccnc(-c4ccc5c(c4)CN(CCN(C[C@@H]4CCC(=O)N4)C(=O)O)C5=O)c3Cl)c2Cl)ccc1C=O. The van der Waals surface area contributed by atoms with Crippen LogP contribution in [0.1, 0.15) is 39.1 Å². The summed E-state index contributed by atoms with van der Waals surface area (Å²) in [4.78, 5) is 59.8. The van der Waals surface area contributed by atoms with Crippen LogP contribution in [0, 0.1) is 0 Å². The fourth-order valence-corrected chi connectivity index (χ4v) is 6.59. The molecule has 2 aliphatic rings. The van der Waals surface area contributed by atoms with Gasteiger partial charge in [-0.15, -0.1) is 0 Å². The minimum absolute atomic E-state index is 0.0846. The summed E-state index contributed by atoms with van der Waals surface area (Å²) in [6.45, 7) is 0.801. The lowest BCUT2D eigenvalue weighted by Crippen LogP contribution is -2.44. The second-order valence-electron chi connectivity index (χ2n) is 11.2. The van der Waals surface area contributed by atoms with Crippen LogP contribution in [0.25, 0.3) is 33.6 Å². The highest BCUT2D eigenvalue weighted by atomic mass is 35.5. The van der Waals surface area contributed by atoms with Gasteiger partial charge in [0.05, 0.1) is 34.1 Å². The van der Waals surface area contributed by atoms with Crippen LogP contribution in [0.4, 0.5) is 4.79 Å². The molecule has 1 atom stereocenters. The molecule has 4 aromatic rings. The molecule has 0 radical (unpaired) electrons. The largest absolute Gasteiger partial charge is 0.480 e. The quantitative estimate of drug-likeness (QED) is 0.201. The molecule has 240 valence electrons. The number of fused-ring (bicyclic) bond motifs is 1. The van der Waals surface area contributed by atoms with Crippen molar-refractivity contribution in [3.63, 3.8) is 0 Å². The van der Waals surface area contributed by atoms with Crippen molar-refractivity contribution in [3.8, 4) is 39.5 Å². The number of aldehydes is 1. The molecular weight excluding hydrogens is 645 g/mol. The molecule has 0 saturated carbocycles. The number of rotatable bonds is 10. The number of carboxylic acid groups (broad SMARTS) is 1. The van der Waals surface area contributed by atoms with Crippen molar-refractivity contribution in [2.24, 2.45) is 0 Å². The molecule has 47 heavy (non-hydrogen) atoms. The number of aromatic nitrogens is 2. The molecule has 4 heterocycles. The van der Waals surface area contributed by atoms with Gasteiger partial charge in [0.2, 0.25) is 11.8 Å². The molecule has 0 bridgehead atoms. The van der Waals surface area contributed by atoms with E-state index in [1.165, 1.54) is 12.0 Å². The zero-order valence-electron chi connectivity index (χ0n) is 25.2. The summed E-state index contributed by atoms with van der Waals surface area (Å²) in [6.07, 6.45) is 2.17. The predicted molar refractivity (Wildman–Crippen MR) is 176 cm³/mol. The molecular formula is C34H29Cl2N5O6. The number of carbonyl (C=O) groups is 4. The summed E-state index contributed by atoms with van der Waals surface area (Å²) in [5.74, 6) is -0.0809. The number of carbonyl (C=O) groups excluding carboxylic acids is 3. The lowest BCUT2D eigenvalue weighted by molar-refractivity contribution is -0.119. The highest BCUT2D eigenvalue weighted by Crippen LogP contribution is 2.42. The lowest BCUT2D eigenvalue weighted by Gasteiger charge is -2.25. The van der Waals surface area contributed by atoms with Gasteiger partial charge in [-0.3, -0.25) is 19.4 Å². The molecule has 11 nitrogen and oxygen atoms in total. The monoisotopic (exact) mass is 673 g/mol. The highest BCUT2D eigenvalue weighted by Gasteiger charge is 2.30. The first-order chi connectivity index (χ1) is 22.7. The van der Waals surface area contributed by atoms with Crippen molar-refractivity contribution in [1.29, 1.82) is 0 Å². The van der Waals surface area contributed by atoms with Crippen LogP contribution in [0.15, 0.2) is 60.8 Å². The third-order valence-electron chi connectivity index (χ3n) is 8.36. The van der Waals surface area contributed by atoms with Crippen molar-refractivity contribution < 1.29 is 29.0 Å². The number of hydrogen-bond acceptors (Lipinski definition) is 7. The first-order valence-corrected chi connectivity index (χ1v) is 15.6. The highest BCUT2D eigenvalue weighted by molar-refractivity contribution is 6.39. The summed E-state index contributed by atoms with van der Waals surface area (Å²) in [5.41, 5.74) is 5.29. The molecule has 1 saturated heterocycles. The minimum Gasteiger partial charge on any atom is -0.480 e. The third kappa shape index (κ3) is 6.36. The van der Waals surface area contributed by atoms with E-state index in [1.54, 1.807) is 41.4 Å². The van der Waals surface area contributed by atoms with Crippen molar-refractivity contribution in [2.75, 3.05) is 26.7 Å². The number of nitrogens with zero attached hydrogens (tertiary/aromatic N) is 4. The van der Waals surface area contributed by atoms with Gasteiger partial charge in [0.1, 0.15) is 0 Å². The zero-order valence-corrected chi connectivity index (χ0v) is 26.7. The summed E-state index contributed by atoms with van der Waals surface area (Å²) in [7, 11) is 1.44. The summed E-state index contributed by atoms with van der Waals surface area (Å²) in [5, 5.41) is 13.3. The molecule has 13 heteroatoms.